The van der Waals surface area contributed by atoms with E-state index in [1.165, 1.54) is 25.7 Å². The van der Waals surface area contributed by atoms with Gasteiger partial charge >= 0.3 is 0 Å². The molecule has 1 saturated carbocycles. The molecular weight excluding hydrogens is 274 g/mol. The minimum Gasteiger partial charge on any atom is -0.379 e. The summed E-state index contributed by atoms with van der Waals surface area (Å²) in [5.74, 6) is 0.617. The van der Waals surface area contributed by atoms with Gasteiger partial charge < -0.3 is 10.1 Å². The predicted octanol–water partition coefficient (Wildman–Crippen LogP) is 2.46. The van der Waals surface area contributed by atoms with Crippen LogP contribution in [-0.4, -0.2) is 39.9 Å². The first-order valence-electron chi connectivity index (χ1n) is 7.34. The van der Waals surface area contributed by atoms with Crippen molar-refractivity contribution in [3.8, 4) is 0 Å². The highest BCUT2D eigenvalue weighted by Gasteiger charge is 2.19. The number of nitrogens with one attached hydrogen (secondary N) is 1. The molecule has 0 radical (unpaired) electrons. The third-order valence-electron chi connectivity index (χ3n) is 3.92. The van der Waals surface area contributed by atoms with Crippen molar-refractivity contribution in [1.29, 1.82) is 0 Å². The van der Waals surface area contributed by atoms with Crippen LogP contribution in [0.25, 0.3) is 0 Å². The second-order valence-electron chi connectivity index (χ2n) is 5.49. The molecule has 5 nitrogen and oxygen atoms in total. The van der Waals surface area contributed by atoms with Gasteiger partial charge in [-0.05, 0) is 19.3 Å². The molecule has 6 heteroatoms. The molecule has 1 amide bonds. The largest absolute Gasteiger partial charge is 0.379 e. The van der Waals surface area contributed by atoms with E-state index in [1.807, 2.05) is 10.9 Å². The molecule has 1 atom stereocenters. The Hall–Kier alpha value is -1.01. The molecule has 3 rings (SSSR count). The highest BCUT2D eigenvalue weighted by atomic mass is 32.2. The fourth-order valence-corrected chi connectivity index (χ4v) is 3.90. The number of anilines is 1. The molecule has 2 fully saturated rings. The predicted molar refractivity (Wildman–Crippen MR) is 80.0 cm³/mol. The SMILES string of the molecule is O=C(CSC1CCCC1)Nc1cnn([C@H]2CCOC2)c1. The monoisotopic (exact) mass is 295 g/mol. The average Bonchev–Trinajstić information content (AvgIpc) is 3.18. The maximum Gasteiger partial charge on any atom is 0.234 e. The highest BCUT2D eigenvalue weighted by Crippen LogP contribution is 2.29. The smallest absolute Gasteiger partial charge is 0.234 e. The van der Waals surface area contributed by atoms with Gasteiger partial charge in [-0.25, -0.2) is 0 Å². The Bertz CT molecular complexity index is 451. The number of hydrogen-bond donors (Lipinski definition) is 1. The van der Waals surface area contributed by atoms with Crippen molar-refractivity contribution < 1.29 is 9.53 Å². The molecule has 0 spiro atoms. The van der Waals surface area contributed by atoms with Crippen LogP contribution in [0.5, 0.6) is 0 Å². The van der Waals surface area contributed by atoms with Crippen LogP contribution in [0.3, 0.4) is 0 Å². The summed E-state index contributed by atoms with van der Waals surface area (Å²) < 4.78 is 7.24. The van der Waals surface area contributed by atoms with Crippen LogP contribution >= 0.6 is 11.8 Å². The Balaban J connectivity index is 1.45. The van der Waals surface area contributed by atoms with Crippen molar-refractivity contribution in [2.75, 3.05) is 24.3 Å². The molecule has 2 heterocycles. The Morgan fingerprint density at radius 3 is 3.05 bits per heavy atom. The first-order valence-corrected chi connectivity index (χ1v) is 8.39. The third-order valence-corrected chi connectivity index (χ3v) is 5.29. The van der Waals surface area contributed by atoms with Gasteiger partial charge in [-0.2, -0.15) is 5.10 Å². The molecule has 1 saturated heterocycles. The number of aromatic nitrogens is 2. The van der Waals surface area contributed by atoms with E-state index in [2.05, 4.69) is 10.4 Å². The molecule has 1 aliphatic carbocycles. The zero-order valence-corrected chi connectivity index (χ0v) is 12.4. The fraction of sp³-hybridized carbons (Fsp3) is 0.714. The molecular formula is C14H21N3O2S. The summed E-state index contributed by atoms with van der Waals surface area (Å²) in [6, 6.07) is 0.313. The minimum atomic E-state index is 0.0733. The van der Waals surface area contributed by atoms with Gasteiger partial charge in [0.25, 0.3) is 0 Å². The topological polar surface area (TPSA) is 56.2 Å². The van der Waals surface area contributed by atoms with Crippen LogP contribution in [0.15, 0.2) is 12.4 Å². The second-order valence-corrected chi connectivity index (χ2v) is 6.78. The van der Waals surface area contributed by atoms with Crippen molar-refractivity contribution in [2.24, 2.45) is 0 Å². The van der Waals surface area contributed by atoms with Gasteiger partial charge in [0.2, 0.25) is 5.91 Å². The van der Waals surface area contributed by atoms with Crippen LogP contribution in [-0.2, 0) is 9.53 Å². The number of carbonyl (C=O) groups excluding carboxylic acids is 1. The molecule has 0 unspecified atom stereocenters. The van der Waals surface area contributed by atoms with E-state index in [-0.39, 0.29) is 5.91 Å². The summed E-state index contributed by atoms with van der Waals surface area (Å²) in [6.45, 7) is 1.51. The zero-order valence-electron chi connectivity index (χ0n) is 11.6. The normalized spacial score (nSPS) is 23.3. The summed E-state index contributed by atoms with van der Waals surface area (Å²) in [4.78, 5) is 11.9. The van der Waals surface area contributed by atoms with E-state index >= 15 is 0 Å². The molecule has 1 N–H and O–H groups in total. The quantitative estimate of drug-likeness (QED) is 0.906. The van der Waals surface area contributed by atoms with Crippen molar-refractivity contribution >= 4 is 23.4 Å². The molecule has 0 bridgehead atoms. The van der Waals surface area contributed by atoms with Gasteiger partial charge in [-0.3, -0.25) is 9.48 Å². The summed E-state index contributed by atoms with van der Waals surface area (Å²) in [7, 11) is 0. The van der Waals surface area contributed by atoms with Crippen molar-refractivity contribution in [3.05, 3.63) is 12.4 Å². The van der Waals surface area contributed by atoms with Gasteiger partial charge in [0.1, 0.15) is 0 Å². The van der Waals surface area contributed by atoms with Crippen molar-refractivity contribution in [3.63, 3.8) is 0 Å². The van der Waals surface area contributed by atoms with E-state index in [0.717, 1.165) is 18.7 Å². The van der Waals surface area contributed by atoms with Crippen LogP contribution in [0.2, 0.25) is 0 Å². The van der Waals surface area contributed by atoms with E-state index in [0.29, 0.717) is 23.7 Å². The minimum absolute atomic E-state index is 0.0733. The van der Waals surface area contributed by atoms with Crippen LogP contribution in [0.4, 0.5) is 5.69 Å². The van der Waals surface area contributed by atoms with Crippen LogP contribution < -0.4 is 5.32 Å². The number of hydrogen-bond acceptors (Lipinski definition) is 4. The lowest BCUT2D eigenvalue weighted by atomic mass is 10.3. The van der Waals surface area contributed by atoms with E-state index < -0.39 is 0 Å². The lowest BCUT2D eigenvalue weighted by molar-refractivity contribution is -0.113. The third kappa shape index (κ3) is 3.55. The number of amides is 1. The summed E-state index contributed by atoms with van der Waals surface area (Å²) in [6.07, 6.45) is 9.76. The molecule has 0 aromatic carbocycles. The highest BCUT2D eigenvalue weighted by molar-refractivity contribution is 8.00. The van der Waals surface area contributed by atoms with E-state index in [9.17, 15) is 4.79 Å². The molecule has 110 valence electrons. The van der Waals surface area contributed by atoms with Crippen molar-refractivity contribution in [2.45, 2.75) is 43.4 Å². The van der Waals surface area contributed by atoms with Gasteiger partial charge in [-0.15, -0.1) is 11.8 Å². The van der Waals surface area contributed by atoms with E-state index in [4.69, 9.17) is 4.74 Å². The van der Waals surface area contributed by atoms with Crippen molar-refractivity contribution in [1.82, 2.24) is 9.78 Å². The van der Waals surface area contributed by atoms with Gasteiger partial charge in [0.05, 0.1) is 30.3 Å². The number of thioether (sulfide) groups is 1. The number of carbonyl (C=O) groups is 1. The Morgan fingerprint density at radius 1 is 1.45 bits per heavy atom. The Kier molecular flexibility index (Phi) is 4.62. The first-order chi connectivity index (χ1) is 9.81. The lowest BCUT2D eigenvalue weighted by Gasteiger charge is -2.08. The molecule has 20 heavy (non-hydrogen) atoms. The molecule has 2 aliphatic rings. The maximum atomic E-state index is 11.9. The van der Waals surface area contributed by atoms with Gasteiger partial charge in [-0.1, -0.05) is 12.8 Å². The molecule has 1 aliphatic heterocycles. The van der Waals surface area contributed by atoms with Gasteiger partial charge in [0.15, 0.2) is 0 Å². The molecule has 1 aromatic heterocycles. The van der Waals surface area contributed by atoms with E-state index in [1.54, 1.807) is 18.0 Å². The molecule has 1 aromatic rings. The van der Waals surface area contributed by atoms with Crippen LogP contribution in [0.1, 0.15) is 38.1 Å². The number of nitrogens with zero attached hydrogens (tertiary/aromatic N) is 2. The Labute approximate surface area is 123 Å². The standard InChI is InChI=1S/C14H21N3O2S/c18-14(10-20-13-3-1-2-4-13)16-11-7-15-17(8-11)12-5-6-19-9-12/h7-8,12-13H,1-6,9-10H2,(H,16,18)/t12-/m0/s1. The maximum absolute atomic E-state index is 11.9. The lowest BCUT2D eigenvalue weighted by Crippen LogP contribution is -2.15. The average molecular weight is 295 g/mol. The second kappa shape index (κ2) is 6.63. The number of rotatable bonds is 5. The van der Waals surface area contributed by atoms with Crippen LogP contribution in [0, 0.1) is 0 Å². The Morgan fingerprint density at radius 2 is 2.30 bits per heavy atom. The van der Waals surface area contributed by atoms with Gasteiger partial charge in [0, 0.05) is 18.1 Å². The summed E-state index contributed by atoms with van der Waals surface area (Å²) in [5, 5.41) is 7.91. The first kappa shape index (κ1) is 13.9. The summed E-state index contributed by atoms with van der Waals surface area (Å²) >= 11 is 1.78. The summed E-state index contributed by atoms with van der Waals surface area (Å²) in [5.41, 5.74) is 0.786. The number of ether oxygens (including phenoxy) is 1. The zero-order chi connectivity index (χ0) is 13.8. The fourth-order valence-electron chi connectivity index (χ4n) is 2.78.